The Bertz CT molecular complexity index is 1170. The molecule has 2 aromatic carbocycles. The molecule has 2 aromatic rings. The van der Waals surface area contributed by atoms with E-state index in [9.17, 15) is 27.5 Å². The molecule has 1 saturated heterocycles. The summed E-state index contributed by atoms with van der Waals surface area (Å²) < 4.78 is 44.2. The average Bonchev–Trinajstić information content (AvgIpc) is 3.04. The highest BCUT2D eigenvalue weighted by molar-refractivity contribution is 7.89. The standard InChI is InChI=1S/C23H25FN2O6S/c1-25(2)33(30,31)18-11-7-16(8-12-18)21(27)19-20(15-5-9-17(24)10-6-15)26(13-4-14-32-3)23(29)22(19)28/h5-12,20,27H,4,13-14H2,1-3H3/b21-19+. The Morgan fingerprint density at radius 2 is 1.70 bits per heavy atom. The number of rotatable bonds is 8. The van der Waals surface area contributed by atoms with E-state index in [1.165, 1.54) is 74.6 Å². The molecule has 1 heterocycles. The van der Waals surface area contributed by atoms with Crippen LogP contribution in [0.4, 0.5) is 4.39 Å². The number of nitrogens with zero attached hydrogens (tertiary/aromatic N) is 2. The van der Waals surface area contributed by atoms with E-state index in [2.05, 4.69) is 0 Å². The maximum atomic E-state index is 13.5. The molecule has 1 unspecified atom stereocenters. The number of ether oxygens (including phenoxy) is 1. The first-order valence-electron chi connectivity index (χ1n) is 10.2. The zero-order valence-corrected chi connectivity index (χ0v) is 19.3. The van der Waals surface area contributed by atoms with Crippen molar-refractivity contribution in [3.8, 4) is 0 Å². The van der Waals surface area contributed by atoms with Crippen LogP contribution in [0.5, 0.6) is 0 Å². The van der Waals surface area contributed by atoms with E-state index < -0.39 is 39.3 Å². The smallest absolute Gasteiger partial charge is 0.295 e. The van der Waals surface area contributed by atoms with Gasteiger partial charge in [-0.15, -0.1) is 0 Å². The molecule has 33 heavy (non-hydrogen) atoms. The number of carbonyl (C=O) groups excluding carboxylic acids is 2. The number of hydrogen-bond acceptors (Lipinski definition) is 6. The van der Waals surface area contributed by atoms with Crippen molar-refractivity contribution < 1.29 is 32.2 Å². The number of methoxy groups -OCH3 is 1. The van der Waals surface area contributed by atoms with Gasteiger partial charge in [0.25, 0.3) is 11.7 Å². The third-order valence-corrected chi connectivity index (χ3v) is 7.21. The maximum Gasteiger partial charge on any atom is 0.295 e. The lowest BCUT2D eigenvalue weighted by Gasteiger charge is -2.25. The molecule has 0 radical (unpaired) electrons. The van der Waals surface area contributed by atoms with E-state index in [0.29, 0.717) is 18.6 Å². The van der Waals surface area contributed by atoms with Crippen molar-refractivity contribution in [3.63, 3.8) is 0 Å². The average molecular weight is 477 g/mol. The number of hydrogen-bond donors (Lipinski definition) is 1. The van der Waals surface area contributed by atoms with Crippen LogP contribution in [0.1, 0.15) is 23.6 Å². The van der Waals surface area contributed by atoms with Gasteiger partial charge in [0.05, 0.1) is 16.5 Å². The van der Waals surface area contributed by atoms with Gasteiger partial charge in [0.15, 0.2) is 0 Å². The second-order valence-corrected chi connectivity index (χ2v) is 9.85. The van der Waals surface area contributed by atoms with Crippen LogP contribution in [0, 0.1) is 5.82 Å². The molecule has 3 rings (SSSR count). The summed E-state index contributed by atoms with van der Waals surface area (Å²) in [5.41, 5.74) is 0.489. The third-order valence-electron chi connectivity index (χ3n) is 5.38. The zero-order valence-electron chi connectivity index (χ0n) is 18.5. The molecule has 8 nitrogen and oxygen atoms in total. The lowest BCUT2D eigenvalue weighted by molar-refractivity contribution is -0.140. The second kappa shape index (κ2) is 9.82. The Labute approximate surface area is 191 Å². The maximum absolute atomic E-state index is 13.5. The minimum Gasteiger partial charge on any atom is -0.507 e. The lowest BCUT2D eigenvalue weighted by Crippen LogP contribution is -2.31. The molecular formula is C23H25FN2O6S. The Balaban J connectivity index is 2.09. The number of ketones is 1. The molecule has 176 valence electrons. The fourth-order valence-electron chi connectivity index (χ4n) is 3.63. The van der Waals surface area contributed by atoms with Gasteiger partial charge in [-0.25, -0.2) is 17.1 Å². The number of benzene rings is 2. The fourth-order valence-corrected chi connectivity index (χ4v) is 4.53. The van der Waals surface area contributed by atoms with E-state index >= 15 is 0 Å². The molecule has 1 fully saturated rings. The van der Waals surface area contributed by atoms with Gasteiger partial charge < -0.3 is 14.7 Å². The van der Waals surface area contributed by atoms with Gasteiger partial charge in [-0.3, -0.25) is 9.59 Å². The van der Waals surface area contributed by atoms with Gasteiger partial charge in [0.1, 0.15) is 11.6 Å². The molecule has 0 aromatic heterocycles. The summed E-state index contributed by atoms with van der Waals surface area (Å²) in [6, 6.07) is 9.77. The predicted octanol–water partition coefficient (Wildman–Crippen LogP) is 2.53. The summed E-state index contributed by atoms with van der Waals surface area (Å²) in [7, 11) is 0.641. The van der Waals surface area contributed by atoms with Crippen molar-refractivity contribution in [2.45, 2.75) is 17.4 Å². The van der Waals surface area contributed by atoms with Crippen molar-refractivity contribution in [1.29, 1.82) is 0 Å². The number of likely N-dealkylation sites (tertiary alicyclic amines) is 1. The summed E-state index contributed by atoms with van der Waals surface area (Å²) in [4.78, 5) is 27.0. The van der Waals surface area contributed by atoms with Gasteiger partial charge in [0.2, 0.25) is 10.0 Å². The zero-order chi connectivity index (χ0) is 24.3. The Morgan fingerprint density at radius 3 is 2.24 bits per heavy atom. The number of amides is 1. The van der Waals surface area contributed by atoms with Gasteiger partial charge >= 0.3 is 0 Å². The molecule has 1 N–H and O–H groups in total. The van der Waals surface area contributed by atoms with Crippen molar-refractivity contribution in [2.75, 3.05) is 34.4 Å². The van der Waals surface area contributed by atoms with Gasteiger partial charge in [-0.05, 0) is 48.4 Å². The highest BCUT2D eigenvalue weighted by atomic mass is 32.2. The molecule has 0 aliphatic carbocycles. The molecule has 0 bridgehead atoms. The van der Waals surface area contributed by atoms with Crippen LogP contribution < -0.4 is 0 Å². The van der Waals surface area contributed by atoms with Crippen molar-refractivity contribution in [2.24, 2.45) is 0 Å². The van der Waals surface area contributed by atoms with Crippen LogP contribution in [0.15, 0.2) is 59.0 Å². The summed E-state index contributed by atoms with van der Waals surface area (Å²) in [6.07, 6.45) is 0.457. The van der Waals surface area contributed by atoms with Crippen LogP contribution in [-0.2, 0) is 24.3 Å². The molecule has 1 amide bonds. The van der Waals surface area contributed by atoms with Crippen molar-refractivity contribution >= 4 is 27.5 Å². The van der Waals surface area contributed by atoms with Crippen LogP contribution in [0.3, 0.4) is 0 Å². The normalized spacial score (nSPS) is 18.3. The van der Waals surface area contributed by atoms with E-state index in [-0.39, 0.29) is 22.6 Å². The predicted molar refractivity (Wildman–Crippen MR) is 119 cm³/mol. The van der Waals surface area contributed by atoms with Gasteiger partial charge in [-0.1, -0.05) is 12.1 Å². The molecular weight excluding hydrogens is 451 g/mol. The van der Waals surface area contributed by atoms with Crippen LogP contribution >= 0.6 is 0 Å². The lowest BCUT2D eigenvalue weighted by atomic mass is 9.95. The molecule has 1 atom stereocenters. The highest BCUT2D eigenvalue weighted by Crippen LogP contribution is 2.39. The molecule has 1 aliphatic rings. The highest BCUT2D eigenvalue weighted by Gasteiger charge is 2.45. The Hall–Kier alpha value is -3.08. The van der Waals surface area contributed by atoms with Gasteiger partial charge in [0, 0.05) is 39.9 Å². The Kier molecular flexibility index (Phi) is 7.31. The third kappa shape index (κ3) is 4.82. The summed E-state index contributed by atoms with van der Waals surface area (Å²) >= 11 is 0. The van der Waals surface area contributed by atoms with E-state index in [4.69, 9.17) is 4.74 Å². The summed E-state index contributed by atoms with van der Waals surface area (Å²) in [6.45, 7) is 0.554. The Morgan fingerprint density at radius 1 is 1.09 bits per heavy atom. The molecule has 0 spiro atoms. The quantitative estimate of drug-likeness (QED) is 0.272. The SMILES string of the molecule is COCCCN1C(=O)C(=O)/C(=C(/O)c2ccc(S(=O)(=O)N(C)C)cc2)C1c1ccc(F)cc1. The fraction of sp³-hybridized carbons (Fsp3) is 0.304. The first-order valence-corrected chi connectivity index (χ1v) is 11.6. The minimum absolute atomic E-state index is 0.0131. The van der Waals surface area contributed by atoms with Crippen molar-refractivity contribution in [1.82, 2.24) is 9.21 Å². The first kappa shape index (κ1) is 24.6. The number of sulfonamides is 1. The number of aliphatic hydroxyl groups excluding tert-OH is 1. The topological polar surface area (TPSA) is 104 Å². The summed E-state index contributed by atoms with van der Waals surface area (Å²) in [5.74, 6) is -2.57. The van der Waals surface area contributed by atoms with E-state index in [1.807, 2.05) is 0 Å². The van der Waals surface area contributed by atoms with Crippen LogP contribution in [0.25, 0.3) is 5.76 Å². The largest absolute Gasteiger partial charge is 0.507 e. The number of Topliss-reactive ketones (excluding diaryl/α,β-unsaturated/α-hetero) is 1. The van der Waals surface area contributed by atoms with E-state index in [1.54, 1.807) is 0 Å². The van der Waals surface area contributed by atoms with Crippen molar-refractivity contribution in [3.05, 3.63) is 71.0 Å². The molecule has 1 aliphatic heterocycles. The first-order chi connectivity index (χ1) is 15.6. The molecule has 10 heteroatoms. The number of carbonyl (C=O) groups is 2. The van der Waals surface area contributed by atoms with Crippen LogP contribution in [0.2, 0.25) is 0 Å². The number of aliphatic hydroxyl groups is 1. The van der Waals surface area contributed by atoms with Gasteiger partial charge in [-0.2, -0.15) is 0 Å². The number of halogens is 1. The van der Waals surface area contributed by atoms with Crippen LogP contribution in [-0.4, -0.2) is 68.8 Å². The molecule has 0 saturated carbocycles. The second-order valence-electron chi connectivity index (χ2n) is 7.70. The minimum atomic E-state index is -3.68. The summed E-state index contributed by atoms with van der Waals surface area (Å²) in [5, 5.41) is 11.0. The monoisotopic (exact) mass is 476 g/mol. The van der Waals surface area contributed by atoms with E-state index in [0.717, 1.165) is 4.31 Å².